The molecule has 0 bridgehead atoms. The number of hydrogen-bond acceptors (Lipinski definition) is 5. The van der Waals surface area contributed by atoms with Crippen LogP contribution in [0.1, 0.15) is 12.5 Å². The van der Waals surface area contributed by atoms with E-state index in [9.17, 15) is 0 Å². The fourth-order valence-electron chi connectivity index (χ4n) is 3.04. The maximum absolute atomic E-state index is 5.49. The van der Waals surface area contributed by atoms with Crippen molar-refractivity contribution in [3.05, 3.63) is 84.4 Å². The fraction of sp³-hybridized carbons (Fsp3) is 0.120. The minimum Gasteiger partial charge on any atom is -0.497 e. The third-order valence-corrected chi connectivity index (χ3v) is 5.54. The summed E-state index contributed by atoms with van der Waals surface area (Å²) < 4.78 is 10.8. The Morgan fingerprint density at radius 2 is 1.57 bits per heavy atom. The van der Waals surface area contributed by atoms with Gasteiger partial charge < -0.3 is 9.47 Å². The first-order valence-electron chi connectivity index (χ1n) is 9.74. The van der Waals surface area contributed by atoms with E-state index < -0.39 is 0 Å². The summed E-state index contributed by atoms with van der Waals surface area (Å²) in [6.45, 7) is 2.63. The van der Waals surface area contributed by atoms with E-state index in [2.05, 4.69) is 17.1 Å². The van der Waals surface area contributed by atoms with Gasteiger partial charge in [-0.25, -0.2) is 9.98 Å². The molecule has 0 radical (unpaired) electrons. The van der Waals surface area contributed by atoms with Gasteiger partial charge in [0.1, 0.15) is 11.5 Å². The lowest BCUT2D eigenvalue weighted by atomic mass is 10.1. The molecule has 0 aliphatic rings. The molecule has 0 spiro atoms. The van der Waals surface area contributed by atoms with Crippen molar-refractivity contribution >= 4 is 22.7 Å². The maximum atomic E-state index is 5.49. The molecule has 0 saturated carbocycles. The molecule has 0 fully saturated rings. The molecule has 5 heteroatoms. The van der Waals surface area contributed by atoms with Gasteiger partial charge in [0.15, 0.2) is 0 Å². The number of aromatic nitrogens is 1. The van der Waals surface area contributed by atoms with Crippen LogP contribution in [0, 0.1) is 0 Å². The van der Waals surface area contributed by atoms with E-state index in [0.29, 0.717) is 11.7 Å². The monoisotopic (exact) mass is 414 g/mol. The highest BCUT2D eigenvalue weighted by Crippen LogP contribution is 2.40. The first-order valence-corrected chi connectivity index (χ1v) is 10.6. The van der Waals surface area contributed by atoms with Crippen LogP contribution >= 0.6 is 11.3 Å². The van der Waals surface area contributed by atoms with Crippen molar-refractivity contribution in [1.82, 2.24) is 4.98 Å². The number of benzene rings is 3. The van der Waals surface area contributed by atoms with Gasteiger partial charge in [-0.2, -0.15) is 0 Å². The Bertz CT molecular complexity index is 1120. The Labute approximate surface area is 180 Å². The zero-order chi connectivity index (χ0) is 20.8. The molecule has 0 aliphatic heterocycles. The quantitative estimate of drug-likeness (QED) is 0.319. The molecule has 1 heterocycles. The molecule has 0 aliphatic carbocycles. The Hall–Kier alpha value is -3.44. The number of methoxy groups -OCH3 is 1. The van der Waals surface area contributed by atoms with Crippen LogP contribution in [-0.2, 0) is 0 Å². The van der Waals surface area contributed by atoms with Crippen LogP contribution in [0.5, 0.6) is 11.5 Å². The summed E-state index contributed by atoms with van der Waals surface area (Å²) in [4.78, 5) is 10.6. The van der Waals surface area contributed by atoms with E-state index in [-0.39, 0.29) is 0 Å². The van der Waals surface area contributed by atoms with Gasteiger partial charge in [-0.15, -0.1) is 0 Å². The van der Waals surface area contributed by atoms with Crippen molar-refractivity contribution in [1.29, 1.82) is 0 Å². The van der Waals surface area contributed by atoms with Crippen LogP contribution in [0.4, 0.5) is 5.13 Å². The second-order valence-corrected chi connectivity index (χ2v) is 7.51. The van der Waals surface area contributed by atoms with Crippen LogP contribution in [0.15, 0.2) is 83.9 Å². The number of aliphatic imine (C=N–C) groups is 1. The minimum absolute atomic E-state index is 0.656. The fourth-order valence-corrected chi connectivity index (χ4v) is 3.98. The molecule has 0 amide bonds. The van der Waals surface area contributed by atoms with Gasteiger partial charge in [-0.3, -0.25) is 0 Å². The Morgan fingerprint density at radius 3 is 2.23 bits per heavy atom. The zero-order valence-electron chi connectivity index (χ0n) is 16.9. The highest BCUT2D eigenvalue weighted by atomic mass is 32.1. The lowest BCUT2D eigenvalue weighted by Gasteiger charge is -2.04. The topological polar surface area (TPSA) is 43.7 Å². The lowest BCUT2D eigenvalue weighted by Crippen LogP contribution is -1.91. The molecule has 3 aromatic carbocycles. The van der Waals surface area contributed by atoms with Gasteiger partial charge >= 0.3 is 0 Å². The molecule has 1 aromatic heterocycles. The van der Waals surface area contributed by atoms with Crippen molar-refractivity contribution in [2.75, 3.05) is 13.7 Å². The zero-order valence-corrected chi connectivity index (χ0v) is 17.7. The highest BCUT2D eigenvalue weighted by Gasteiger charge is 2.14. The van der Waals surface area contributed by atoms with E-state index in [1.165, 1.54) is 0 Å². The van der Waals surface area contributed by atoms with Gasteiger partial charge in [0.2, 0.25) is 5.13 Å². The molecule has 0 N–H and O–H groups in total. The first-order chi connectivity index (χ1) is 14.8. The van der Waals surface area contributed by atoms with Crippen molar-refractivity contribution in [2.24, 2.45) is 4.99 Å². The summed E-state index contributed by atoms with van der Waals surface area (Å²) in [7, 11) is 1.67. The number of nitrogens with zero attached hydrogens (tertiary/aromatic N) is 2. The summed E-state index contributed by atoms with van der Waals surface area (Å²) in [5.41, 5.74) is 4.09. The molecular weight excluding hydrogens is 392 g/mol. The minimum atomic E-state index is 0.656. The molecule has 30 heavy (non-hydrogen) atoms. The number of ether oxygens (including phenoxy) is 2. The molecule has 0 saturated heterocycles. The number of hydrogen-bond donors (Lipinski definition) is 0. The Kier molecular flexibility index (Phi) is 6.20. The molecule has 0 unspecified atom stereocenters. The molecule has 150 valence electrons. The lowest BCUT2D eigenvalue weighted by molar-refractivity contribution is 0.340. The summed E-state index contributed by atoms with van der Waals surface area (Å²) in [5.74, 6) is 1.68. The van der Waals surface area contributed by atoms with Crippen molar-refractivity contribution < 1.29 is 9.47 Å². The summed E-state index contributed by atoms with van der Waals surface area (Å²) in [5, 5.41) is 0.716. The van der Waals surface area contributed by atoms with E-state index in [4.69, 9.17) is 14.5 Å². The van der Waals surface area contributed by atoms with Crippen LogP contribution in [0.2, 0.25) is 0 Å². The predicted octanol–water partition coefficient (Wildman–Crippen LogP) is 6.64. The van der Waals surface area contributed by atoms with E-state index in [0.717, 1.165) is 38.8 Å². The average Bonchev–Trinajstić information content (AvgIpc) is 3.24. The summed E-state index contributed by atoms with van der Waals surface area (Å²) in [6, 6.07) is 26.1. The molecule has 4 aromatic rings. The summed E-state index contributed by atoms with van der Waals surface area (Å²) in [6.07, 6.45) is 1.83. The van der Waals surface area contributed by atoms with Crippen LogP contribution < -0.4 is 9.47 Å². The van der Waals surface area contributed by atoms with Gasteiger partial charge in [-0.05, 0) is 66.6 Å². The maximum Gasteiger partial charge on any atom is 0.210 e. The molecule has 4 rings (SSSR count). The number of thiazole rings is 1. The number of rotatable bonds is 7. The third-order valence-electron chi connectivity index (χ3n) is 4.53. The van der Waals surface area contributed by atoms with E-state index in [1.807, 2.05) is 79.9 Å². The van der Waals surface area contributed by atoms with Crippen molar-refractivity contribution in [3.63, 3.8) is 0 Å². The smallest absolute Gasteiger partial charge is 0.210 e. The largest absolute Gasteiger partial charge is 0.497 e. The molecule has 0 atom stereocenters. The highest BCUT2D eigenvalue weighted by molar-refractivity contribution is 7.19. The molecule has 4 nitrogen and oxygen atoms in total. The second kappa shape index (κ2) is 9.37. The molecular formula is C25H22N2O2S. The van der Waals surface area contributed by atoms with Crippen LogP contribution in [0.3, 0.4) is 0 Å². The van der Waals surface area contributed by atoms with Gasteiger partial charge in [0.05, 0.1) is 24.3 Å². The Balaban J connectivity index is 1.67. The normalized spacial score (nSPS) is 11.0. The SMILES string of the molecule is CCOc1ccc(C=Nc2nc(-c3ccc(OC)cc3)c(-c3ccccc3)s2)cc1. The standard InChI is InChI=1S/C25H22N2O2S/c1-3-29-22-13-9-18(10-14-22)17-26-25-27-23(19-11-15-21(28-2)16-12-19)24(30-25)20-7-5-4-6-8-20/h4-17H,3H2,1-2H3. The van der Waals surface area contributed by atoms with Crippen LogP contribution in [-0.4, -0.2) is 24.9 Å². The van der Waals surface area contributed by atoms with E-state index >= 15 is 0 Å². The van der Waals surface area contributed by atoms with Crippen LogP contribution in [0.25, 0.3) is 21.7 Å². The summed E-state index contributed by atoms with van der Waals surface area (Å²) >= 11 is 1.58. The average molecular weight is 415 g/mol. The second-order valence-electron chi connectivity index (χ2n) is 6.53. The van der Waals surface area contributed by atoms with Crippen molar-refractivity contribution in [2.45, 2.75) is 6.92 Å². The van der Waals surface area contributed by atoms with Gasteiger partial charge in [-0.1, -0.05) is 41.7 Å². The van der Waals surface area contributed by atoms with Gasteiger partial charge in [0.25, 0.3) is 0 Å². The third kappa shape index (κ3) is 4.58. The van der Waals surface area contributed by atoms with E-state index in [1.54, 1.807) is 18.4 Å². The van der Waals surface area contributed by atoms with Gasteiger partial charge in [0, 0.05) is 11.8 Å². The predicted molar refractivity (Wildman–Crippen MR) is 124 cm³/mol. The van der Waals surface area contributed by atoms with Crippen molar-refractivity contribution in [3.8, 4) is 33.2 Å². The Morgan fingerprint density at radius 1 is 0.867 bits per heavy atom. The first kappa shape index (κ1) is 19.9.